The molecule has 1 aromatic heterocycles. The molecule has 0 aliphatic heterocycles. The van der Waals surface area contributed by atoms with Crippen LogP contribution < -0.4 is 5.73 Å². The number of hydrogen-bond donors (Lipinski definition) is 1. The third kappa shape index (κ3) is 2.19. The van der Waals surface area contributed by atoms with E-state index in [1.54, 1.807) is 6.07 Å². The van der Waals surface area contributed by atoms with E-state index in [2.05, 4.69) is 11.5 Å². The molecule has 0 bridgehead atoms. The van der Waals surface area contributed by atoms with Crippen molar-refractivity contribution in [2.45, 2.75) is 45.6 Å². The Morgan fingerprint density at radius 3 is 2.75 bits per heavy atom. The zero-order valence-corrected chi connectivity index (χ0v) is 12.0. The fourth-order valence-electron chi connectivity index (χ4n) is 2.72. The average molecular weight is 273 g/mol. The molecule has 0 atom stereocenters. The van der Waals surface area contributed by atoms with E-state index >= 15 is 0 Å². The summed E-state index contributed by atoms with van der Waals surface area (Å²) in [5.74, 6) is 1.57. The van der Waals surface area contributed by atoms with Crippen LogP contribution in [0.25, 0.3) is 11.3 Å². The zero-order valence-electron chi connectivity index (χ0n) is 12.0. The predicted octanol–water partition coefficient (Wildman–Crippen LogP) is 3.87. The number of benzene rings is 1. The Bertz CT molecular complexity index is 641. The number of halogens is 1. The van der Waals surface area contributed by atoms with Crippen LogP contribution >= 0.6 is 0 Å². The summed E-state index contributed by atoms with van der Waals surface area (Å²) in [4.78, 5) is 4.74. The molecule has 0 spiro atoms. The molecule has 2 aromatic rings. The number of aryl methyl sites for hydroxylation is 2. The predicted molar refractivity (Wildman–Crippen MR) is 79.0 cm³/mol. The number of rotatable bonds is 4. The van der Waals surface area contributed by atoms with Gasteiger partial charge in [0, 0.05) is 18.0 Å². The fraction of sp³-hybridized carbons (Fsp3) is 0.438. The maximum absolute atomic E-state index is 13.3. The molecule has 1 heterocycles. The normalized spacial score (nSPS) is 14.8. The summed E-state index contributed by atoms with van der Waals surface area (Å²) in [5.41, 5.74) is 8.93. The molecule has 3 rings (SSSR count). The van der Waals surface area contributed by atoms with Gasteiger partial charge in [-0.1, -0.05) is 6.92 Å². The summed E-state index contributed by atoms with van der Waals surface area (Å²) in [6.45, 7) is 4.04. The largest absolute Gasteiger partial charge is 0.383 e. The quantitative estimate of drug-likeness (QED) is 0.919. The molecule has 2 N–H and O–H groups in total. The number of nitrogens with zero attached hydrogens (tertiary/aromatic N) is 2. The number of anilines is 1. The molecular formula is C16H20FN3. The maximum atomic E-state index is 13.3. The lowest BCUT2D eigenvalue weighted by Crippen LogP contribution is -2.05. The van der Waals surface area contributed by atoms with Crippen molar-refractivity contribution in [3.63, 3.8) is 0 Å². The Morgan fingerprint density at radius 1 is 1.40 bits per heavy atom. The number of imidazole rings is 1. The van der Waals surface area contributed by atoms with Crippen molar-refractivity contribution in [3.8, 4) is 11.3 Å². The van der Waals surface area contributed by atoms with Crippen LogP contribution in [0.2, 0.25) is 0 Å². The first-order chi connectivity index (χ1) is 9.61. The Balaban J connectivity index is 2.11. The van der Waals surface area contributed by atoms with Gasteiger partial charge < -0.3 is 10.3 Å². The van der Waals surface area contributed by atoms with Gasteiger partial charge in [0.2, 0.25) is 0 Å². The molecule has 1 saturated carbocycles. The molecule has 4 heteroatoms. The second kappa shape index (κ2) is 4.93. The Labute approximate surface area is 118 Å². The molecule has 1 aliphatic rings. The standard InChI is InChI=1S/C16H20FN3/c1-3-4-14-19-15(16(18)20(14)12-6-7-12)13-8-5-11(17)9-10(13)2/h5,8-9,12H,3-4,6-7,18H2,1-2H3. The molecule has 0 unspecified atom stereocenters. The van der Waals surface area contributed by atoms with Gasteiger partial charge in [-0.2, -0.15) is 0 Å². The monoisotopic (exact) mass is 273 g/mol. The van der Waals surface area contributed by atoms with Crippen LogP contribution in [-0.4, -0.2) is 9.55 Å². The molecule has 0 saturated heterocycles. The Morgan fingerprint density at radius 2 is 2.15 bits per heavy atom. The van der Waals surface area contributed by atoms with Gasteiger partial charge in [0.05, 0.1) is 0 Å². The second-order valence-electron chi connectivity index (χ2n) is 5.57. The molecule has 106 valence electrons. The minimum absolute atomic E-state index is 0.222. The summed E-state index contributed by atoms with van der Waals surface area (Å²) >= 11 is 0. The van der Waals surface area contributed by atoms with E-state index in [9.17, 15) is 4.39 Å². The minimum atomic E-state index is -0.222. The second-order valence-corrected chi connectivity index (χ2v) is 5.57. The van der Waals surface area contributed by atoms with Gasteiger partial charge in [-0.15, -0.1) is 0 Å². The maximum Gasteiger partial charge on any atom is 0.132 e. The van der Waals surface area contributed by atoms with Crippen LogP contribution in [0.4, 0.5) is 10.2 Å². The number of aromatic nitrogens is 2. The van der Waals surface area contributed by atoms with E-state index in [0.717, 1.165) is 41.3 Å². The molecule has 1 fully saturated rings. The smallest absolute Gasteiger partial charge is 0.132 e. The van der Waals surface area contributed by atoms with Crippen molar-refractivity contribution >= 4 is 5.82 Å². The number of nitrogen functional groups attached to an aromatic ring is 1. The molecular weight excluding hydrogens is 253 g/mol. The van der Waals surface area contributed by atoms with Crippen LogP contribution in [-0.2, 0) is 6.42 Å². The van der Waals surface area contributed by atoms with Crippen LogP contribution in [0, 0.1) is 12.7 Å². The Hall–Kier alpha value is -1.84. The van der Waals surface area contributed by atoms with Crippen LogP contribution in [0.3, 0.4) is 0 Å². The van der Waals surface area contributed by atoms with Crippen molar-refractivity contribution in [1.82, 2.24) is 9.55 Å². The fourth-order valence-corrected chi connectivity index (χ4v) is 2.72. The van der Waals surface area contributed by atoms with Crippen molar-refractivity contribution in [1.29, 1.82) is 0 Å². The van der Waals surface area contributed by atoms with E-state index in [1.807, 2.05) is 6.92 Å². The number of hydrogen-bond acceptors (Lipinski definition) is 2. The van der Waals surface area contributed by atoms with Crippen molar-refractivity contribution in [2.75, 3.05) is 5.73 Å². The van der Waals surface area contributed by atoms with Gasteiger partial charge in [0.1, 0.15) is 23.2 Å². The molecule has 1 aliphatic carbocycles. The van der Waals surface area contributed by atoms with E-state index < -0.39 is 0 Å². The van der Waals surface area contributed by atoms with Gasteiger partial charge in [-0.3, -0.25) is 0 Å². The Kier molecular flexibility index (Phi) is 3.24. The van der Waals surface area contributed by atoms with E-state index in [-0.39, 0.29) is 5.82 Å². The van der Waals surface area contributed by atoms with Crippen LogP contribution in [0.15, 0.2) is 18.2 Å². The summed E-state index contributed by atoms with van der Waals surface area (Å²) < 4.78 is 15.4. The third-order valence-electron chi connectivity index (χ3n) is 3.85. The van der Waals surface area contributed by atoms with E-state index in [1.165, 1.54) is 25.0 Å². The van der Waals surface area contributed by atoms with Gasteiger partial charge in [-0.05, 0) is 49.9 Å². The summed E-state index contributed by atoms with van der Waals surface area (Å²) in [5, 5.41) is 0. The van der Waals surface area contributed by atoms with Gasteiger partial charge in [-0.25, -0.2) is 9.37 Å². The van der Waals surface area contributed by atoms with Crippen molar-refractivity contribution < 1.29 is 4.39 Å². The highest BCUT2D eigenvalue weighted by Crippen LogP contribution is 2.41. The van der Waals surface area contributed by atoms with E-state index in [4.69, 9.17) is 10.7 Å². The average Bonchev–Trinajstić information content (AvgIpc) is 3.17. The molecule has 1 aromatic carbocycles. The number of nitrogens with two attached hydrogens (primary N) is 1. The van der Waals surface area contributed by atoms with Gasteiger partial charge >= 0.3 is 0 Å². The lowest BCUT2D eigenvalue weighted by molar-refractivity contribution is 0.627. The summed E-state index contributed by atoms with van der Waals surface area (Å²) in [6.07, 6.45) is 4.34. The highest BCUT2D eigenvalue weighted by molar-refractivity contribution is 5.74. The first kappa shape index (κ1) is 13.2. The minimum Gasteiger partial charge on any atom is -0.383 e. The zero-order chi connectivity index (χ0) is 14.3. The molecule has 0 radical (unpaired) electrons. The first-order valence-corrected chi connectivity index (χ1v) is 7.25. The van der Waals surface area contributed by atoms with Gasteiger partial charge in [0.25, 0.3) is 0 Å². The van der Waals surface area contributed by atoms with Crippen molar-refractivity contribution in [3.05, 3.63) is 35.4 Å². The lowest BCUT2D eigenvalue weighted by Gasteiger charge is -2.08. The summed E-state index contributed by atoms with van der Waals surface area (Å²) in [7, 11) is 0. The van der Waals surface area contributed by atoms with Crippen LogP contribution in [0.5, 0.6) is 0 Å². The van der Waals surface area contributed by atoms with E-state index in [0.29, 0.717) is 6.04 Å². The highest BCUT2D eigenvalue weighted by atomic mass is 19.1. The topological polar surface area (TPSA) is 43.8 Å². The lowest BCUT2D eigenvalue weighted by atomic mass is 10.1. The highest BCUT2D eigenvalue weighted by Gasteiger charge is 2.30. The molecule has 20 heavy (non-hydrogen) atoms. The van der Waals surface area contributed by atoms with Crippen molar-refractivity contribution in [2.24, 2.45) is 0 Å². The third-order valence-corrected chi connectivity index (χ3v) is 3.85. The SMILES string of the molecule is CCCc1nc(-c2ccc(F)cc2C)c(N)n1C1CC1. The van der Waals surface area contributed by atoms with Gasteiger partial charge in [0.15, 0.2) is 0 Å². The summed E-state index contributed by atoms with van der Waals surface area (Å²) in [6, 6.07) is 5.29. The molecule has 0 amide bonds. The first-order valence-electron chi connectivity index (χ1n) is 7.25. The van der Waals surface area contributed by atoms with Crippen LogP contribution in [0.1, 0.15) is 43.6 Å². The molecule has 3 nitrogen and oxygen atoms in total.